The third kappa shape index (κ3) is 3.75. The first-order valence-electron chi connectivity index (χ1n) is 7.00. The van der Waals surface area contributed by atoms with Gasteiger partial charge in [0.15, 0.2) is 21.5 Å². The van der Waals surface area contributed by atoms with Crippen LogP contribution in [0.5, 0.6) is 5.75 Å². The van der Waals surface area contributed by atoms with Crippen LogP contribution in [0.25, 0.3) is 0 Å². The Kier molecular flexibility index (Phi) is 4.55. The molecule has 0 spiro atoms. The lowest BCUT2D eigenvalue weighted by Gasteiger charge is -2.26. The molecule has 2 rings (SSSR count). The first kappa shape index (κ1) is 15.8. The van der Waals surface area contributed by atoms with Crippen molar-refractivity contribution in [3.63, 3.8) is 0 Å². The maximum Gasteiger partial charge on any atom is 0.204 e. The normalized spacial score (nSPS) is 23.8. The average Bonchev–Trinajstić information content (AvgIpc) is 2.70. The highest BCUT2D eigenvalue weighted by molar-refractivity contribution is 7.91. The number of anilines is 2. The van der Waals surface area contributed by atoms with Crippen LogP contribution in [0.15, 0.2) is 6.33 Å². The summed E-state index contributed by atoms with van der Waals surface area (Å²) >= 11 is 0. The molecular weight excluding hydrogens is 292 g/mol. The number of methoxy groups -OCH3 is 1. The molecule has 2 heterocycles. The van der Waals surface area contributed by atoms with E-state index in [4.69, 9.17) is 4.74 Å². The van der Waals surface area contributed by atoms with Gasteiger partial charge in [0, 0.05) is 6.54 Å². The standard InChI is InChI=1S/C13H22N4O3S/c1-4-6-14-11-10(20-3)12(16-9-15-11)17-13(2)5-7-21(18,19)8-13/h9H,4-8H2,1-3H3,(H2,14,15,16,17). The number of hydrogen-bond donors (Lipinski definition) is 2. The van der Waals surface area contributed by atoms with Crippen molar-refractivity contribution in [1.82, 2.24) is 9.97 Å². The molecule has 1 aromatic rings. The molecule has 2 N–H and O–H groups in total. The van der Waals surface area contributed by atoms with Crippen molar-refractivity contribution in [2.24, 2.45) is 0 Å². The molecule has 1 unspecified atom stereocenters. The summed E-state index contributed by atoms with van der Waals surface area (Å²) in [6.07, 6.45) is 2.96. The topological polar surface area (TPSA) is 93.2 Å². The van der Waals surface area contributed by atoms with Crippen molar-refractivity contribution in [2.45, 2.75) is 32.2 Å². The van der Waals surface area contributed by atoms with Crippen molar-refractivity contribution >= 4 is 21.5 Å². The van der Waals surface area contributed by atoms with Crippen LogP contribution in [-0.4, -0.2) is 49.1 Å². The molecule has 118 valence electrons. The van der Waals surface area contributed by atoms with Crippen LogP contribution in [0.3, 0.4) is 0 Å². The Morgan fingerprint density at radius 2 is 2.10 bits per heavy atom. The number of aromatic nitrogens is 2. The van der Waals surface area contributed by atoms with Crippen LogP contribution in [0.4, 0.5) is 11.6 Å². The van der Waals surface area contributed by atoms with Crippen molar-refractivity contribution < 1.29 is 13.2 Å². The lowest BCUT2D eigenvalue weighted by Crippen LogP contribution is -2.36. The van der Waals surface area contributed by atoms with E-state index in [1.165, 1.54) is 6.33 Å². The lowest BCUT2D eigenvalue weighted by atomic mass is 10.0. The SMILES string of the molecule is CCCNc1ncnc(NC2(C)CCS(=O)(=O)C2)c1OC. The highest BCUT2D eigenvalue weighted by Gasteiger charge is 2.39. The van der Waals surface area contributed by atoms with E-state index in [2.05, 4.69) is 27.5 Å². The van der Waals surface area contributed by atoms with E-state index in [0.29, 0.717) is 23.8 Å². The number of nitrogens with zero attached hydrogens (tertiary/aromatic N) is 2. The second-order valence-electron chi connectivity index (χ2n) is 5.56. The molecule has 1 atom stereocenters. The molecule has 8 heteroatoms. The minimum atomic E-state index is -2.98. The molecule has 1 fully saturated rings. The predicted octanol–water partition coefficient (Wildman–Crippen LogP) is 1.30. The number of hydrogen-bond acceptors (Lipinski definition) is 7. The van der Waals surface area contributed by atoms with E-state index in [-0.39, 0.29) is 11.5 Å². The van der Waals surface area contributed by atoms with Crippen LogP contribution in [0, 0.1) is 0 Å². The van der Waals surface area contributed by atoms with Crippen LogP contribution < -0.4 is 15.4 Å². The maximum atomic E-state index is 11.7. The Morgan fingerprint density at radius 3 is 2.67 bits per heavy atom. The fraction of sp³-hybridized carbons (Fsp3) is 0.692. The summed E-state index contributed by atoms with van der Waals surface area (Å²) in [4.78, 5) is 8.36. The third-order valence-electron chi connectivity index (χ3n) is 3.47. The second-order valence-corrected chi connectivity index (χ2v) is 7.74. The Balaban J connectivity index is 2.24. The second kappa shape index (κ2) is 6.05. The van der Waals surface area contributed by atoms with Gasteiger partial charge in [-0.15, -0.1) is 0 Å². The number of ether oxygens (including phenoxy) is 1. The summed E-state index contributed by atoms with van der Waals surface area (Å²) in [5, 5.41) is 6.39. The van der Waals surface area contributed by atoms with Gasteiger partial charge in [0.05, 0.1) is 24.2 Å². The average molecular weight is 314 g/mol. The van der Waals surface area contributed by atoms with Gasteiger partial charge in [-0.3, -0.25) is 0 Å². The van der Waals surface area contributed by atoms with E-state index in [0.717, 1.165) is 13.0 Å². The van der Waals surface area contributed by atoms with E-state index in [1.807, 2.05) is 6.92 Å². The molecule has 1 aliphatic rings. The molecular formula is C13H22N4O3S. The van der Waals surface area contributed by atoms with Gasteiger partial charge < -0.3 is 15.4 Å². The fourth-order valence-electron chi connectivity index (χ4n) is 2.42. The lowest BCUT2D eigenvalue weighted by molar-refractivity contribution is 0.412. The van der Waals surface area contributed by atoms with E-state index in [1.54, 1.807) is 7.11 Å². The largest absolute Gasteiger partial charge is 0.490 e. The summed E-state index contributed by atoms with van der Waals surface area (Å²) in [6.45, 7) is 4.72. The predicted molar refractivity (Wildman–Crippen MR) is 82.7 cm³/mol. The Labute approximate surface area is 125 Å². The Hall–Kier alpha value is -1.57. The molecule has 0 aromatic carbocycles. The fourth-order valence-corrected chi connectivity index (χ4v) is 4.51. The van der Waals surface area contributed by atoms with Gasteiger partial charge in [0.2, 0.25) is 5.75 Å². The highest BCUT2D eigenvalue weighted by Crippen LogP contribution is 2.34. The van der Waals surface area contributed by atoms with Crippen molar-refractivity contribution in [3.05, 3.63) is 6.33 Å². The molecule has 0 amide bonds. The molecule has 7 nitrogen and oxygen atoms in total. The Bertz CT molecular complexity index is 605. The van der Waals surface area contributed by atoms with Gasteiger partial charge in [0.25, 0.3) is 0 Å². The highest BCUT2D eigenvalue weighted by atomic mass is 32.2. The van der Waals surface area contributed by atoms with Crippen LogP contribution in [-0.2, 0) is 9.84 Å². The van der Waals surface area contributed by atoms with E-state index >= 15 is 0 Å². The zero-order valence-electron chi connectivity index (χ0n) is 12.6. The monoisotopic (exact) mass is 314 g/mol. The number of nitrogens with one attached hydrogen (secondary N) is 2. The van der Waals surface area contributed by atoms with Crippen LogP contribution in [0.2, 0.25) is 0 Å². The number of rotatable bonds is 6. The smallest absolute Gasteiger partial charge is 0.204 e. The van der Waals surface area contributed by atoms with Gasteiger partial charge in [-0.1, -0.05) is 6.92 Å². The molecule has 1 aromatic heterocycles. The molecule has 0 aliphatic carbocycles. The van der Waals surface area contributed by atoms with Crippen LogP contribution in [0.1, 0.15) is 26.7 Å². The van der Waals surface area contributed by atoms with Crippen LogP contribution >= 0.6 is 0 Å². The zero-order valence-corrected chi connectivity index (χ0v) is 13.5. The van der Waals surface area contributed by atoms with Gasteiger partial charge in [-0.05, 0) is 19.8 Å². The van der Waals surface area contributed by atoms with Crippen molar-refractivity contribution in [3.8, 4) is 5.75 Å². The molecule has 0 bridgehead atoms. The van der Waals surface area contributed by atoms with Crippen molar-refractivity contribution in [1.29, 1.82) is 0 Å². The summed E-state index contributed by atoms with van der Waals surface area (Å²) < 4.78 is 28.7. The molecule has 0 saturated carbocycles. The zero-order chi connectivity index (χ0) is 15.5. The maximum absolute atomic E-state index is 11.7. The van der Waals surface area contributed by atoms with Gasteiger partial charge in [-0.2, -0.15) is 0 Å². The minimum absolute atomic E-state index is 0.102. The van der Waals surface area contributed by atoms with Gasteiger partial charge >= 0.3 is 0 Å². The quantitative estimate of drug-likeness (QED) is 0.817. The van der Waals surface area contributed by atoms with Gasteiger partial charge in [0.1, 0.15) is 6.33 Å². The van der Waals surface area contributed by atoms with E-state index in [9.17, 15) is 8.42 Å². The van der Waals surface area contributed by atoms with Crippen molar-refractivity contribution in [2.75, 3.05) is 35.8 Å². The summed E-state index contributed by atoms with van der Waals surface area (Å²) in [5.74, 6) is 1.94. The summed E-state index contributed by atoms with van der Waals surface area (Å²) in [6, 6.07) is 0. The van der Waals surface area contributed by atoms with Gasteiger partial charge in [-0.25, -0.2) is 18.4 Å². The molecule has 1 saturated heterocycles. The minimum Gasteiger partial charge on any atom is -0.490 e. The first-order chi connectivity index (χ1) is 9.89. The third-order valence-corrected chi connectivity index (χ3v) is 5.38. The summed E-state index contributed by atoms with van der Waals surface area (Å²) in [5.41, 5.74) is -0.525. The molecule has 21 heavy (non-hydrogen) atoms. The number of sulfone groups is 1. The molecule has 1 aliphatic heterocycles. The van der Waals surface area contributed by atoms with E-state index < -0.39 is 15.4 Å². The molecule has 0 radical (unpaired) electrons. The first-order valence-corrected chi connectivity index (χ1v) is 8.83. The summed E-state index contributed by atoms with van der Waals surface area (Å²) in [7, 11) is -1.43. The Morgan fingerprint density at radius 1 is 1.38 bits per heavy atom.